The van der Waals surface area contributed by atoms with Crippen molar-refractivity contribution in [2.24, 2.45) is 11.8 Å². The molecule has 1 aromatic heterocycles. The quantitative estimate of drug-likeness (QED) is 0.469. The van der Waals surface area contributed by atoms with Crippen LogP contribution in [0.25, 0.3) is 0 Å². The maximum absolute atomic E-state index is 11.4. The molecule has 1 aromatic rings. The topological polar surface area (TPSA) is 110 Å². The van der Waals surface area contributed by atoms with Crippen LogP contribution < -0.4 is 16.2 Å². The van der Waals surface area contributed by atoms with Crippen LogP contribution in [-0.4, -0.2) is 27.5 Å². The zero-order valence-electron chi connectivity index (χ0n) is 12.5. The minimum atomic E-state index is -0.465. The van der Waals surface area contributed by atoms with Crippen LogP contribution in [0, 0.1) is 16.0 Å². The summed E-state index contributed by atoms with van der Waals surface area (Å²) in [7, 11) is 0. The van der Waals surface area contributed by atoms with Gasteiger partial charge >= 0.3 is 5.69 Å². The van der Waals surface area contributed by atoms with Gasteiger partial charge in [0.05, 0.1) is 4.92 Å². The molecule has 0 aromatic carbocycles. The number of nitrogens with zero attached hydrogens (tertiary/aromatic N) is 4. The monoisotopic (exact) mass is 294 g/mol. The number of rotatable bonds is 6. The van der Waals surface area contributed by atoms with E-state index in [1.807, 2.05) is 0 Å². The van der Waals surface area contributed by atoms with E-state index in [9.17, 15) is 10.1 Å². The summed E-state index contributed by atoms with van der Waals surface area (Å²) in [6.45, 7) is 4.92. The molecule has 0 aliphatic heterocycles. The Labute approximate surface area is 123 Å². The van der Waals surface area contributed by atoms with Crippen molar-refractivity contribution < 1.29 is 4.92 Å². The first kappa shape index (κ1) is 15.4. The van der Waals surface area contributed by atoms with Crippen LogP contribution in [0.2, 0.25) is 0 Å². The lowest BCUT2D eigenvalue weighted by Gasteiger charge is -2.31. The van der Waals surface area contributed by atoms with Crippen molar-refractivity contribution in [1.29, 1.82) is 0 Å². The maximum atomic E-state index is 11.4. The Kier molecular flexibility index (Phi) is 4.89. The summed E-state index contributed by atoms with van der Waals surface area (Å²) in [5.74, 6) is 6.15. The average Bonchev–Trinajstić information content (AvgIpc) is 2.97. The molecular formula is C13H22N6O2. The highest BCUT2D eigenvalue weighted by Gasteiger charge is 2.32. The van der Waals surface area contributed by atoms with Gasteiger partial charge in [-0.2, -0.15) is 0 Å². The van der Waals surface area contributed by atoms with Gasteiger partial charge in [-0.3, -0.25) is 10.1 Å². The van der Waals surface area contributed by atoms with E-state index < -0.39 is 4.92 Å². The SMILES string of the molecule is CC(C)CN(c1ncnc(NN)c1[N+](=O)[O-])C1CCCC1. The van der Waals surface area contributed by atoms with E-state index >= 15 is 0 Å². The number of nitro groups is 1. The average molecular weight is 294 g/mol. The van der Waals surface area contributed by atoms with Crippen molar-refractivity contribution in [3.63, 3.8) is 0 Å². The molecule has 1 heterocycles. The lowest BCUT2D eigenvalue weighted by atomic mass is 10.1. The van der Waals surface area contributed by atoms with Crippen molar-refractivity contribution in [1.82, 2.24) is 9.97 Å². The van der Waals surface area contributed by atoms with Crippen molar-refractivity contribution in [2.45, 2.75) is 45.6 Å². The summed E-state index contributed by atoms with van der Waals surface area (Å²) in [6, 6.07) is 0.298. The summed E-state index contributed by atoms with van der Waals surface area (Å²) in [5, 5.41) is 11.4. The fourth-order valence-corrected chi connectivity index (χ4v) is 2.87. The first-order valence-corrected chi connectivity index (χ1v) is 7.27. The molecule has 0 saturated heterocycles. The molecule has 1 aliphatic carbocycles. The highest BCUT2D eigenvalue weighted by atomic mass is 16.6. The van der Waals surface area contributed by atoms with Gasteiger partial charge in [0.2, 0.25) is 11.6 Å². The number of hydrogen-bond acceptors (Lipinski definition) is 7. The van der Waals surface area contributed by atoms with Crippen molar-refractivity contribution in [3.8, 4) is 0 Å². The first-order chi connectivity index (χ1) is 10.0. The Morgan fingerprint density at radius 1 is 1.48 bits per heavy atom. The predicted molar refractivity (Wildman–Crippen MR) is 80.9 cm³/mol. The van der Waals surface area contributed by atoms with Gasteiger partial charge in [-0.05, 0) is 18.8 Å². The molecule has 116 valence electrons. The Bertz CT molecular complexity index is 501. The Balaban J connectivity index is 2.45. The molecule has 2 rings (SSSR count). The van der Waals surface area contributed by atoms with E-state index in [2.05, 4.69) is 34.1 Å². The fourth-order valence-electron chi connectivity index (χ4n) is 2.87. The van der Waals surface area contributed by atoms with Crippen molar-refractivity contribution in [3.05, 3.63) is 16.4 Å². The molecule has 0 radical (unpaired) electrons. The summed E-state index contributed by atoms with van der Waals surface area (Å²) in [6.07, 6.45) is 5.71. The molecule has 21 heavy (non-hydrogen) atoms. The molecule has 1 fully saturated rings. The molecular weight excluding hydrogens is 272 g/mol. The summed E-state index contributed by atoms with van der Waals surface area (Å²) in [5.41, 5.74) is 2.15. The zero-order chi connectivity index (χ0) is 15.4. The van der Waals surface area contributed by atoms with Gasteiger partial charge in [-0.1, -0.05) is 26.7 Å². The largest absolute Gasteiger partial charge is 0.354 e. The van der Waals surface area contributed by atoms with Crippen molar-refractivity contribution in [2.75, 3.05) is 16.9 Å². The van der Waals surface area contributed by atoms with Gasteiger partial charge in [0, 0.05) is 12.6 Å². The lowest BCUT2D eigenvalue weighted by Crippen LogP contribution is -2.37. The minimum Gasteiger partial charge on any atom is -0.347 e. The van der Waals surface area contributed by atoms with Gasteiger partial charge in [-0.15, -0.1) is 0 Å². The van der Waals surface area contributed by atoms with Gasteiger partial charge in [-0.25, -0.2) is 15.8 Å². The fraction of sp³-hybridized carbons (Fsp3) is 0.692. The van der Waals surface area contributed by atoms with Crippen LogP contribution in [0.5, 0.6) is 0 Å². The number of aromatic nitrogens is 2. The molecule has 8 nitrogen and oxygen atoms in total. The molecule has 0 bridgehead atoms. The van der Waals surface area contributed by atoms with Crippen LogP contribution in [0.3, 0.4) is 0 Å². The number of nitrogens with one attached hydrogen (secondary N) is 1. The normalized spacial score (nSPS) is 15.4. The summed E-state index contributed by atoms with van der Waals surface area (Å²) >= 11 is 0. The Morgan fingerprint density at radius 3 is 2.67 bits per heavy atom. The van der Waals surface area contributed by atoms with E-state index in [1.165, 1.54) is 6.33 Å². The zero-order valence-corrected chi connectivity index (χ0v) is 12.5. The second-order valence-electron chi connectivity index (χ2n) is 5.78. The van der Waals surface area contributed by atoms with Gasteiger partial charge in [0.1, 0.15) is 6.33 Å². The smallest absolute Gasteiger partial charge is 0.347 e. The molecule has 0 amide bonds. The molecule has 8 heteroatoms. The van der Waals surface area contributed by atoms with Gasteiger partial charge in [0.25, 0.3) is 0 Å². The summed E-state index contributed by atoms with van der Waals surface area (Å²) < 4.78 is 0. The van der Waals surface area contributed by atoms with Crippen LogP contribution in [0.1, 0.15) is 39.5 Å². The predicted octanol–water partition coefficient (Wildman–Crippen LogP) is 2.08. The van der Waals surface area contributed by atoms with Crippen LogP contribution in [0.4, 0.5) is 17.3 Å². The number of hydrogen-bond donors (Lipinski definition) is 2. The molecule has 1 aliphatic rings. The number of nitrogen functional groups attached to an aromatic ring is 1. The molecule has 3 N–H and O–H groups in total. The Morgan fingerprint density at radius 2 is 2.14 bits per heavy atom. The van der Waals surface area contributed by atoms with Crippen LogP contribution in [-0.2, 0) is 0 Å². The van der Waals surface area contributed by atoms with E-state index in [0.29, 0.717) is 17.8 Å². The van der Waals surface area contributed by atoms with Crippen LogP contribution >= 0.6 is 0 Å². The van der Waals surface area contributed by atoms with Crippen LogP contribution in [0.15, 0.2) is 6.33 Å². The first-order valence-electron chi connectivity index (χ1n) is 7.27. The third kappa shape index (κ3) is 3.38. The van der Waals surface area contributed by atoms with E-state index in [-0.39, 0.29) is 11.5 Å². The third-order valence-corrected chi connectivity index (χ3v) is 3.72. The van der Waals surface area contributed by atoms with E-state index in [1.54, 1.807) is 0 Å². The maximum Gasteiger partial charge on any atom is 0.354 e. The van der Waals surface area contributed by atoms with E-state index in [0.717, 1.165) is 32.2 Å². The van der Waals surface area contributed by atoms with E-state index in [4.69, 9.17) is 5.84 Å². The highest BCUT2D eigenvalue weighted by molar-refractivity contribution is 5.70. The second-order valence-corrected chi connectivity index (χ2v) is 5.78. The highest BCUT2D eigenvalue weighted by Crippen LogP contribution is 2.36. The molecule has 0 unspecified atom stereocenters. The van der Waals surface area contributed by atoms with Crippen molar-refractivity contribution >= 4 is 17.3 Å². The Hall–Kier alpha value is -1.96. The standard InChI is InChI=1S/C13H22N6O2/c1-9(2)7-18(10-5-3-4-6-10)13-11(19(20)21)12(17-14)15-8-16-13/h8-10H,3-7,14H2,1-2H3,(H,15,16,17). The van der Waals surface area contributed by atoms with Gasteiger partial charge < -0.3 is 10.3 Å². The minimum absolute atomic E-state index is 0.0525. The molecule has 1 saturated carbocycles. The summed E-state index contributed by atoms with van der Waals surface area (Å²) in [4.78, 5) is 21.0. The van der Waals surface area contributed by atoms with Gasteiger partial charge in [0.15, 0.2) is 0 Å². The number of nitrogens with two attached hydrogens (primary N) is 1. The molecule has 0 atom stereocenters. The lowest BCUT2D eigenvalue weighted by molar-refractivity contribution is -0.383. The number of hydrazine groups is 1. The number of anilines is 2. The second kappa shape index (κ2) is 6.66. The third-order valence-electron chi connectivity index (χ3n) is 3.72. The molecule has 0 spiro atoms.